The molecule has 0 saturated carbocycles. The fourth-order valence-electron chi connectivity index (χ4n) is 3.65. The minimum atomic E-state index is -0.329. The molecular weight excluding hydrogens is 336 g/mol. The van der Waals surface area contributed by atoms with E-state index in [9.17, 15) is 14.4 Å². The third kappa shape index (κ3) is 2.77. The monoisotopic (exact) mass is 356 g/mol. The number of benzene rings is 1. The maximum absolute atomic E-state index is 12.8. The summed E-state index contributed by atoms with van der Waals surface area (Å²) in [6.45, 7) is 1.09. The molecule has 0 atom stereocenters. The minimum Gasteiger partial charge on any atom is -0.497 e. The smallest absolute Gasteiger partial charge is 0.324 e. The fourth-order valence-corrected chi connectivity index (χ4v) is 3.65. The molecule has 2 saturated heterocycles. The van der Waals surface area contributed by atoms with Crippen LogP contribution in [0.3, 0.4) is 0 Å². The quantitative estimate of drug-likeness (QED) is 0.811. The molecule has 1 aromatic carbocycles. The topological polar surface area (TPSA) is 94.7 Å². The molecule has 26 heavy (non-hydrogen) atoms. The Morgan fingerprint density at radius 3 is 2.62 bits per heavy atom. The van der Waals surface area contributed by atoms with Gasteiger partial charge in [0, 0.05) is 36.1 Å². The van der Waals surface area contributed by atoms with Crippen LogP contribution in [0.25, 0.3) is 10.9 Å². The van der Waals surface area contributed by atoms with Gasteiger partial charge in [0.15, 0.2) is 0 Å². The Labute approximate surface area is 150 Å². The van der Waals surface area contributed by atoms with E-state index in [0.717, 1.165) is 16.7 Å². The van der Waals surface area contributed by atoms with Crippen molar-refractivity contribution in [3.63, 3.8) is 0 Å². The number of methoxy groups -OCH3 is 1. The zero-order valence-corrected chi connectivity index (χ0v) is 14.4. The second-order valence-electron chi connectivity index (χ2n) is 6.58. The Bertz CT molecular complexity index is 866. The number of nitrogens with one attached hydrogen (secondary N) is 2. The highest BCUT2D eigenvalue weighted by atomic mass is 16.5. The molecule has 8 nitrogen and oxygen atoms in total. The molecule has 2 aromatic rings. The first kappa shape index (κ1) is 16.4. The van der Waals surface area contributed by atoms with Crippen molar-refractivity contribution in [2.75, 3.05) is 26.7 Å². The Kier molecular flexibility index (Phi) is 4.02. The van der Waals surface area contributed by atoms with Gasteiger partial charge in [-0.1, -0.05) is 0 Å². The van der Waals surface area contributed by atoms with Gasteiger partial charge >= 0.3 is 6.03 Å². The van der Waals surface area contributed by atoms with Crippen LogP contribution in [-0.4, -0.2) is 65.4 Å². The fraction of sp³-hybridized carbons (Fsp3) is 0.389. The zero-order valence-electron chi connectivity index (χ0n) is 14.4. The highest BCUT2D eigenvalue weighted by Crippen LogP contribution is 2.24. The van der Waals surface area contributed by atoms with E-state index in [4.69, 9.17) is 4.74 Å². The summed E-state index contributed by atoms with van der Waals surface area (Å²) in [5, 5.41) is 3.49. The van der Waals surface area contributed by atoms with Crippen LogP contribution in [0.15, 0.2) is 24.3 Å². The van der Waals surface area contributed by atoms with Gasteiger partial charge < -0.3 is 19.9 Å². The van der Waals surface area contributed by atoms with Gasteiger partial charge in [0.2, 0.25) is 5.91 Å². The number of rotatable bonds is 3. The lowest BCUT2D eigenvalue weighted by molar-refractivity contribution is -0.127. The number of likely N-dealkylation sites (tertiary alicyclic amines) is 1. The first-order valence-corrected chi connectivity index (χ1v) is 8.63. The maximum atomic E-state index is 12.8. The molecule has 4 amide bonds. The molecule has 0 aliphatic carbocycles. The number of nitrogens with zero attached hydrogens (tertiary/aromatic N) is 2. The van der Waals surface area contributed by atoms with Crippen LogP contribution >= 0.6 is 0 Å². The molecular formula is C18H20N4O4. The van der Waals surface area contributed by atoms with Crippen molar-refractivity contribution in [1.82, 2.24) is 20.1 Å². The number of carbonyl (C=O) groups is 3. The average molecular weight is 356 g/mol. The van der Waals surface area contributed by atoms with Crippen molar-refractivity contribution >= 4 is 28.7 Å². The van der Waals surface area contributed by atoms with Crippen molar-refractivity contribution in [2.24, 2.45) is 0 Å². The van der Waals surface area contributed by atoms with E-state index in [1.807, 2.05) is 24.3 Å². The van der Waals surface area contributed by atoms with Gasteiger partial charge in [-0.25, -0.2) is 4.79 Å². The first-order valence-electron chi connectivity index (χ1n) is 8.63. The molecule has 4 rings (SSSR count). The zero-order chi connectivity index (χ0) is 18.3. The molecule has 2 aliphatic heterocycles. The number of urea groups is 1. The summed E-state index contributed by atoms with van der Waals surface area (Å²) in [6.07, 6.45) is 1.19. The van der Waals surface area contributed by atoms with Crippen LogP contribution in [-0.2, 0) is 4.79 Å². The number of ether oxygens (including phenoxy) is 1. The lowest BCUT2D eigenvalue weighted by Gasteiger charge is -2.35. The number of amides is 4. The van der Waals surface area contributed by atoms with E-state index < -0.39 is 0 Å². The van der Waals surface area contributed by atoms with E-state index in [2.05, 4.69) is 10.3 Å². The van der Waals surface area contributed by atoms with E-state index in [1.165, 1.54) is 4.90 Å². The molecule has 2 N–H and O–H groups in total. The summed E-state index contributed by atoms with van der Waals surface area (Å²) in [7, 11) is 1.60. The van der Waals surface area contributed by atoms with Gasteiger partial charge in [-0.15, -0.1) is 0 Å². The number of H-pyrrole nitrogens is 1. The summed E-state index contributed by atoms with van der Waals surface area (Å²) >= 11 is 0. The van der Waals surface area contributed by atoms with Crippen molar-refractivity contribution in [3.8, 4) is 5.75 Å². The molecule has 136 valence electrons. The molecule has 0 radical (unpaired) electrons. The number of hydrogen-bond donors (Lipinski definition) is 2. The summed E-state index contributed by atoms with van der Waals surface area (Å²) in [4.78, 5) is 42.6. The molecule has 3 heterocycles. The van der Waals surface area contributed by atoms with Crippen molar-refractivity contribution in [2.45, 2.75) is 18.9 Å². The van der Waals surface area contributed by atoms with Gasteiger partial charge in [0.1, 0.15) is 11.4 Å². The Balaban J connectivity index is 1.45. The second-order valence-corrected chi connectivity index (χ2v) is 6.58. The van der Waals surface area contributed by atoms with Gasteiger partial charge in [-0.2, -0.15) is 0 Å². The molecule has 2 fully saturated rings. The minimum absolute atomic E-state index is 0.0660. The Hall–Kier alpha value is -3.03. The summed E-state index contributed by atoms with van der Waals surface area (Å²) < 4.78 is 5.21. The molecule has 0 spiro atoms. The first-order chi connectivity index (χ1) is 12.6. The maximum Gasteiger partial charge on any atom is 0.324 e. The summed E-state index contributed by atoms with van der Waals surface area (Å²) in [5.41, 5.74) is 1.38. The third-order valence-electron chi connectivity index (χ3n) is 5.06. The second kappa shape index (κ2) is 6.36. The summed E-state index contributed by atoms with van der Waals surface area (Å²) in [6, 6.07) is 6.99. The van der Waals surface area contributed by atoms with Gasteiger partial charge in [0.05, 0.1) is 13.7 Å². The lowest BCUT2D eigenvalue weighted by Crippen LogP contribution is -2.49. The average Bonchev–Trinajstić information content (AvgIpc) is 3.23. The van der Waals surface area contributed by atoms with Crippen LogP contribution in [0, 0.1) is 0 Å². The van der Waals surface area contributed by atoms with Crippen LogP contribution in [0.5, 0.6) is 5.75 Å². The van der Waals surface area contributed by atoms with Crippen molar-refractivity contribution in [1.29, 1.82) is 0 Å². The highest BCUT2D eigenvalue weighted by molar-refractivity contribution is 6.02. The number of carbonyl (C=O) groups excluding carboxylic acids is 3. The van der Waals surface area contributed by atoms with Gasteiger partial charge in [-0.3, -0.25) is 14.5 Å². The van der Waals surface area contributed by atoms with E-state index in [0.29, 0.717) is 31.6 Å². The van der Waals surface area contributed by atoms with E-state index in [1.54, 1.807) is 12.0 Å². The number of fused-ring (bicyclic) bond motifs is 1. The van der Waals surface area contributed by atoms with Crippen LogP contribution in [0.2, 0.25) is 0 Å². The molecule has 8 heteroatoms. The number of piperidine rings is 1. The predicted molar refractivity (Wildman–Crippen MR) is 94.0 cm³/mol. The molecule has 2 aliphatic rings. The number of aromatic nitrogens is 1. The van der Waals surface area contributed by atoms with Crippen molar-refractivity contribution < 1.29 is 19.1 Å². The van der Waals surface area contributed by atoms with Crippen LogP contribution < -0.4 is 10.1 Å². The van der Waals surface area contributed by atoms with E-state index >= 15 is 0 Å². The predicted octanol–water partition coefficient (Wildman–Crippen LogP) is 1.33. The molecule has 1 aromatic heterocycles. The molecule has 0 bridgehead atoms. The number of imide groups is 1. The van der Waals surface area contributed by atoms with Crippen LogP contribution in [0.4, 0.5) is 4.79 Å². The normalized spacial score (nSPS) is 18.5. The standard InChI is InChI=1S/C18H20N4O4/c1-26-13-3-2-11-8-15(20-14(11)9-13)17(24)21-6-4-12(5-7-21)22-16(23)10-19-18(22)25/h2-3,8-9,12,20H,4-7,10H2,1H3,(H,19,25). The Morgan fingerprint density at radius 1 is 1.19 bits per heavy atom. The van der Waals surface area contributed by atoms with E-state index in [-0.39, 0.29) is 30.4 Å². The van der Waals surface area contributed by atoms with Gasteiger partial charge in [0.25, 0.3) is 5.91 Å². The highest BCUT2D eigenvalue weighted by Gasteiger charge is 2.37. The molecule has 0 unspecified atom stereocenters. The Morgan fingerprint density at radius 2 is 1.96 bits per heavy atom. The summed E-state index contributed by atoms with van der Waals surface area (Å²) in [5.74, 6) is 0.466. The number of hydrogen-bond acceptors (Lipinski definition) is 4. The van der Waals surface area contributed by atoms with Gasteiger partial charge in [-0.05, 0) is 31.0 Å². The van der Waals surface area contributed by atoms with Crippen molar-refractivity contribution in [3.05, 3.63) is 30.0 Å². The lowest BCUT2D eigenvalue weighted by atomic mass is 10.0. The SMILES string of the molecule is COc1ccc2cc(C(=O)N3CCC(N4C(=O)CNC4=O)CC3)[nH]c2c1. The largest absolute Gasteiger partial charge is 0.497 e. The van der Waals surface area contributed by atoms with Crippen LogP contribution in [0.1, 0.15) is 23.3 Å². The number of aromatic amines is 1. The third-order valence-corrected chi connectivity index (χ3v) is 5.06.